The normalized spacial score (nSPS) is 18.5. The predicted molar refractivity (Wildman–Crippen MR) is 90.9 cm³/mol. The van der Waals surface area contributed by atoms with Crippen LogP contribution in [0.1, 0.15) is 36.9 Å². The molecule has 1 aliphatic heterocycles. The number of carbonyl (C=O) groups is 3. The van der Waals surface area contributed by atoms with Crippen molar-refractivity contribution in [1.82, 2.24) is 10.2 Å². The molecule has 2 rings (SSSR count). The van der Waals surface area contributed by atoms with E-state index < -0.39 is 18.1 Å². The highest BCUT2D eigenvalue weighted by molar-refractivity contribution is 5.79. The maximum absolute atomic E-state index is 12.6. The number of hydrogen-bond donors (Lipinski definition) is 2. The summed E-state index contributed by atoms with van der Waals surface area (Å²) in [5, 5.41) is 11.7. The van der Waals surface area contributed by atoms with E-state index in [4.69, 9.17) is 9.84 Å². The van der Waals surface area contributed by atoms with Gasteiger partial charge in [-0.25, -0.2) is 0 Å². The maximum atomic E-state index is 12.6. The fourth-order valence-electron chi connectivity index (χ4n) is 2.86. The molecule has 0 spiro atoms. The van der Waals surface area contributed by atoms with Gasteiger partial charge >= 0.3 is 5.97 Å². The molecule has 7 nitrogen and oxygen atoms in total. The number of hydrogen-bond acceptors (Lipinski definition) is 4. The number of benzene rings is 1. The van der Waals surface area contributed by atoms with E-state index in [2.05, 4.69) is 5.32 Å². The van der Waals surface area contributed by atoms with Crippen molar-refractivity contribution in [1.29, 1.82) is 0 Å². The van der Waals surface area contributed by atoms with Crippen LogP contribution in [-0.4, -0.2) is 53.6 Å². The van der Waals surface area contributed by atoms with Gasteiger partial charge in [-0.3, -0.25) is 14.4 Å². The van der Waals surface area contributed by atoms with Crippen LogP contribution >= 0.6 is 0 Å². The number of carboxylic acid groups (broad SMARTS) is 1. The third-order valence-corrected chi connectivity index (χ3v) is 4.13. The Labute approximate surface area is 147 Å². The van der Waals surface area contributed by atoms with Crippen molar-refractivity contribution in [3.63, 3.8) is 0 Å². The van der Waals surface area contributed by atoms with Gasteiger partial charge in [-0.15, -0.1) is 0 Å². The summed E-state index contributed by atoms with van der Waals surface area (Å²) in [4.78, 5) is 36.6. The first-order chi connectivity index (χ1) is 11.8. The summed E-state index contributed by atoms with van der Waals surface area (Å²) >= 11 is 0. The fraction of sp³-hybridized carbons (Fsp3) is 0.500. The van der Waals surface area contributed by atoms with Crippen molar-refractivity contribution in [2.24, 2.45) is 0 Å². The SMILES string of the molecule is CC(=O)N[C@H](CC(=O)N1CCO[C@H](CC(=O)O)C1)c1ccc(C)cc1. The minimum absolute atomic E-state index is 0.127. The Hall–Kier alpha value is -2.41. The zero-order chi connectivity index (χ0) is 18.4. The topological polar surface area (TPSA) is 95.9 Å². The third-order valence-electron chi connectivity index (χ3n) is 4.13. The van der Waals surface area contributed by atoms with E-state index in [1.54, 1.807) is 4.90 Å². The van der Waals surface area contributed by atoms with Gasteiger partial charge in [0.25, 0.3) is 0 Å². The van der Waals surface area contributed by atoms with Crippen LogP contribution in [0.3, 0.4) is 0 Å². The highest BCUT2D eigenvalue weighted by Gasteiger charge is 2.28. The Morgan fingerprint density at radius 3 is 2.60 bits per heavy atom. The first kappa shape index (κ1) is 18.9. The summed E-state index contributed by atoms with van der Waals surface area (Å²) in [5.41, 5.74) is 1.96. The molecule has 2 N–H and O–H groups in total. The van der Waals surface area contributed by atoms with Gasteiger partial charge in [-0.2, -0.15) is 0 Å². The average Bonchev–Trinajstić information content (AvgIpc) is 2.54. The number of aliphatic carboxylic acids is 1. The molecule has 0 radical (unpaired) electrons. The van der Waals surface area contributed by atoms with Crippen LogP contribution in [0.15, 0.2) is 24.3 Å². The lowest BCUT2D eigenvalue weighted by atomic mass is 10.0. The van der Waals surface area contributed by atoms with Gasteiger partial charge < -0.3 is 20.1 Å². The molecule has 1 aliphatic rings. The number of morpholine rings is 1. The summed E-state index contributed by atoms with van der Waals surface area (Å²) in [7, 11) is 0. The van der Waals surface area contributed by atoms with E-state index in [1.807, 2.05) is 31.2 Å². The molecule has 0 saturated carbocycles. The van der Waals surface area contributed by atoms with Gasteiger partial charge in [0.15, 0.2) is 0 Å². The Morgan fingerprint density at radius 2 is 2.00 bits per heavy atom. The van der Waals surface area contributed by atoms with Crippen molar-refractivity contribution in [2.45, 2.75) is 38.8 Å². The molecule has 1 aromatic rings. The van der Waals surface area contributed by atoms with Gasteiger partial charge in [0.2, 0.25) is 11.8 Å². The summed E-state index contributed by atoms with van der Waals surface area (Å²) in [5.74, 6) is -1.28. The van der Waals surface area contributed by atoms with E-state index in [-0.39, 0.29) is 31.2 Å². The second-order valence-electron chi connectivity index (χ2n) is 6.30. The molecule has 7 heteroatoms. The maximum Gasteiger partial charge on any atom is 0.306 e. The largest absolute Gasteiger partial charge is 0.481 e. The zero-order valence-corrected chi connectivity index (χ0v) is 14.5. The fourth-order valence-corrected chi connectivity index (χ4v) is 2.86. The molecule has 1 aromatic carbocycles. The predicted octanol–water partition coefficient (Wildman–Crippen LogP) is 1.26. The molecule has 1 saturated heterocycles. The molecule has 1 fully saturated rings. The molecule has 2 atom stereocenters. The lowest BCUT2D eigenvalue weighted by Gasteiger charge is -2.33. The highest BCUT2D eigenvalue weighted by Crippen LogP contribution is 2.20. The van der Waals surface area contributed by atoms with E-state index in [9.17, 15) is 14.4 Å². The molecular formula is C18H24N2O5. The molecule has 0 aromatic heterocycles. The quantitative estimate of drug-likeness (QED) is 0.807. The molecule has 136 valence electrons. The lowest BCUT2D eigenvalue weighted by Crippen LogP contribution is -2.47. The van der Waals surface area contributed by atoms with Crippen molar-refractivity contribution in [3.8, 4) is 0 Å². The number of amides is 2. The van der Waals surface area contributed by atoms with Crippen molar-refractivity contribution < 1.29 is 24.2 Å². The zero-order valence-electron chi connectivity index (χ0n) is 14.5. The molecule has 2 amide bonds. The monoisotopic (exact) mass is 348 g/mol. The average molecular weight is 348 g/mol. The van der Waals surface area contributed by atoms with Crippen molar-refractivity contribution in [2.75, 3.05) is 19.7 Å². The Balaban J connectivity index is 2.04. The number of carbonyl (C=O) groups excluding carboxylic acids is 2. The van der Waals surface area contributed by atoms with Gasteiger partial charge in [0.1, 0.15) is 0 Å². The number of nitrogens with one attached hydrogen (secondary N) is 1. The summed E-state index contributed by atoms with van der Waals surface area (Å²) in [6, 6.07) is 7.26. The Kier molecular flexibility index (Phi) is 6.52. The minimum atomic E-state index is -0.949. The van der Waals surface area contributed by atoms with Crippen LogP contribution in [0.2, 0.25) is 0 Å². The first-order valence-electron chi connectivity index (χ1n) is 8.30. The summed E-state index contributed by atoms with van der Waals surface area (Å²) in [6.07, 6.45) is -0.493. The van der Waals surface area contributed by atoms with Crippen LogP contribution in [0.25, 0.3) is 0 Å². The second kappa shape index (κ2) is 8.62. The molecular weight excluding hydrogens is 324 g/mol. The second-order valence-corrected chi connectivity index (χ2v) is 6.30. The minimum Gasteiger partial charge on any atom is -0.481 e. The number of nitrogens with zero attached hydrogens (tertiary/aromatic N) is 1. The third kappa shape index (κ3) is 5.86. The molecule has 0 aliphatic carbocycles. The molecule has 1 heterocycles. The number of carboxylic acids is 1. The van der Waals surface area contributed by atoms with Gasteiger partial charge in [-0.05, 0) is 12.5 Å². The first-order valence-corrected chi connectivity index (χ1v) is 8.30. The lowest BCUT2D eigenvalue weighted by molar-refractivity contribution is -0.148. The van der Waals surface area contributed by atoms with Crippen LogP contribution in [0.5, 0.6) is 0 Å². The Morgan fingerprint density at radius 1 is 1.32 bits per heavy atom. The van der Waals surface area contributed by atoms with Gasteiger partial charge in [0, 0.05) is 20.0 Å². The van der Waals surface area contributed by atoms with Crippen LogP contribution in [0.4, 0.5) is 0 Å². The summed E-state index contributed by atoms with van der Waals surface area (Å²) in [6.45, 7) is 4.39. The van der Waals surface area contributed by atoms with Crippen LogP contribution < -0.4 is 5.32 Å². The van der Waals surface area contributed by atoms with E-state index in [0.717, 1.165) is 11.1 Å². The highest BCUT2D eigenvalue weighted by atomic mass is 16.5. The van der Waals surface area contributed by atoms with Gasteiger partial charge in [0.05, 0.1) is 31.6 Å². The van der Waals surface area contributed by atoms with Crippen molar-refractivity contribution >= 4 is 17.8 Å². The van der Waals surface area contributed by atoms with E-state index in [0.29, 0.717) is 13.2 Å². The number of rotatable bonds is 6. The summed E-state index contributed by atoms with van der Waals surface area (Å²) < 4.78 is 5.39. The Bertz CT molecular complexity index is 629. The molecule has 0 unspecified atom stereocenters. The van der Waals surface area contributed by atoms with Crippen molar-refractivity contribution in [3.05, 3.63) is 35.4 Å². The number of aryl methyl sites for hydroxylation is 1. The van der Waals surface area contributed by atoms with Crippen LogP contribution in [-0.2, 0) is 19.1 Å². The van der Waals surface area contributed by atoms with Crippen LogP contribution in [0, 0.1) is 6.92 Å². The molecule has 0 bridgehead atoms. The van der Waals surface area contributed by atoms with E-state index >= 15 is 0 Å². The van der Waals surface area contributed by atoms with E-state index in [1.165, 1.54) is 6.92 Å². The molecule has 25 heavy (non-hydrogen) atoms. The number of ether oxygens (including phenoxy) is 1. The van der Waals surface area contributed by atoms with Gasteiger partial charge in [-0.1, -0.05) is 29.8 Å². The smallest absolute Gasteiger partial charge is 0.306 e. The standard InChI is InChI=1S/C18H24N2O5/c1-12-3-5-14(6-4-12)16(19-13(2)21)10-17(22)20-7-8-25-15(11-20)9-18(23)24/h3-6,15-16H,7-11H2,1-2H3,(H,19,21)(H,23,24)/t15-,16-/m1/s1.